The Labute approximate surface area is 193 Å². The number of hydrogen-bond acceptors (Lipinski definition) is 4. The molecule has 0 aliphatic carbocycles. The molecule has 0 aromatic heterocycles. The van der Waals surface area contributed by atoms with E-state index in [-0.39, 0.29) is 24.8 Å². The molecule has 4 rings (SSSR count). The minimum atomic E-state index is -4.05. The molecule has 2 heterocycles. The largest absolute Gasteiger partial charge is 0.376 e. The molecule has 0 saturated carbocycles. The highest BCUT2D eigenvalue weighted by atomic mass is 32.2. The average Bonchev–Trinajstić information content (AvgIpc) is 3.32. The fourth-order valence-corrected chi connectivity index (χ4v) is 5.98. The molecule has 1 atom stereocenters. The number of ether oxygens (including phenoxy) is 1. The van der Waals surface area contributed by atoms with Gasteiger partial charge in [0.25, 0.3) is 5.91 Å². The first-order valence-electron chi connectivity index (χ1n) is 11.3. The second kappa shape index (κ2) is 10.3. The van der Waals surface area contributed by atoms with E-state index < -0.39 is 32.5 Å². The highest BCUT2D eigenvalue weighted by molar-refractivity contribution is 7.89. The van der Waals surface area contributed by atoms with Crippen LogP contribution in [0.1, 0.15) is 48.0 Å². The lowest BCUT2D eigenvalue weighted by Crippen LogP contribution is -2.38. The maximum atomic E-state index is 14.6. The number of sulfonamides is 1. The van der Waals surface area contributed by atoms with Crippen LogP contribution in [0, 0.1) is 11.6 Å². The number of benzene rings is 2. The van der Waals surface area contributed by atoms with Gasteiger partial charge in [-0.3, -0.25) is 4.79 Å². The van der Waals surface area contributed by atoms with Crippen LogP contribution < -0.4 is 0 Å². The molecule has 33 heavy (non-hydrogen) atoms. The smallest absolute Gasteiger partial charge is 0.254 e. The number of amides is 1. The minimum Gasteiger partial charge on any atom is -0.376 e. The quantitative estimate of drug-likeness (QED) is 0.604. The zero-order valence-corrected chi connectivity index (χ0v) is 19.2. The van der Waals surface area contributed by atoms with Crippen LogP contribution >= 0.6 is 0 Å². The Balaban J connectivity index is 1.63. The van der Waals surface area contributed by atoms with Crippen molar-refractivity contribution in [3.8, 4) is 0 Å². The van der Waals surface area contributed by atoms with Gasteiger partial charge >= 0.3 is 0 Å². The third-order valence-electron chi connectivity index (χ3n) is 6.11. The fraction of sp³-hybridized carbons (Fsp3) is 0.458. The summed E-state index contributed by atoms with van der Waals surface area (Å²) < 4.78 is 61.4. The molecular weight excluding hydrogens is 450 g/mol. The lowest BCUT2D eigenvalue weighted by Gasteiger charge is -2.27. The molecule has 1 amide bonds. The van der Waals surface area contributed by atoms with E-state index in [2.05, 4.69) is 0 Å². The number of carbonyl (C=O) groups is 1. The van der Waals surface area contributed by atoms with Gasteiger partial charge in [0.15, 0.2) is 0 Å². The Kier molecular flexibility index (Phi) is 7.41. The molecule has 0 spiro atoms. The summed E-state index contributed by atoms with van der Waals surface area (Å²) in [6, 6.07) is 9.41. The lowest BCUT2D eigenvalue weighted by molar-refractivity contribution is 0.0507. The van der Waals surface area contributed by atoms with Crippen molar-refractivity contribution in [1.29, 1.82) is 0 Å². The van der Waals surface area contributed by atoms with Gasteiger partial charge in [-0.25, -0.2) is 17.2 Å². The minimum absolute atomic E-state index is 0.0707. The van der Waals surface area contributed by atoms with Crippen LogP contribution in [0.3, 0.4) is 0 Å². The van der Waals surface area contributed by atoms with E-state index in [1.54, 1.807) is 12.1 Å². The predicted molar refractivity (Wildman–Crippen MR) is 119 cm³/mol. The van der Waals surface area contributed by atoms with E-state index in [1.165, 1.54) is 27.4 Å². The van der Waals surface area contributed by atoms with Gasteiger partial charge in [0.05, 0.1) is 6.10 Å². The average molecular weight is 479 g/mol. The summed E-state index contributed by atoms with van der Waals surface area (Å²) in [7, 11) is -4.05. The molecule has 9 heteroatoms. The maximum absolute atomic E-state index is 14.6. The summed E-state index contributed by atoms with van der Waals surface area (Å²) in [5.41, 5.74) is 0.672. The molecule has 2 aliphatic heterocycles. The molecule has 2 aromatic carbocycles. The molecule has 0 radical (unpaired) electrons. The van der Waals surface area contributed by atoms with Crippen LogP contribution in [-0.2, 0) is 21.3 Å². The Morgan fingerprint density at radius 1 is 1.06 bits per heavy atom. The van der Waals surface area contributed by atoms with Crippen LogP contribution in [0.2, 0.25) is 0 Å². The van der Waals surface area contributed by atoms with Crippen molar-refractivity contribution >= 4 is 15.9 Å². The fourth-order valence-electron chi connectivity index (χ4n) is 4.37. The SMILES string of the molecule is O=C(c1ccc(F)c(S(=O)(=O)N2CCCCC2)c1)N(Cc1cccc(F)c1)CC1CCCO1. The van der Waals surface area contributed by atoms with E-state index >= 15 is 0 Å². The highest BCUT2D eigenvalue weighted by Gasteiger charge is 2.31. The molecule has 1 unspecified atom stereocenters. The van der Waals surface area contributed by atoms with Crippen molar-refractivity contribution in [2.45, 2.75) is 49.6 Å². The maximum Gasteiger partial charge on any atom is 0.254 e. The van der Waals surface area contributed by atoms with Crippen LogP contribution in [0.4, 0.5) is 8.78 Å². The van der Waals surface area contributed by atoms with Gasteiger partial charge < -0.3 is 9.64 Å². The Hall–Kier alpha value is -2.36. The summed E-state index contributed by atoms with van der Waals surface area (Å²) in [6.45, 7) is 1.69. The monoisotopic (exact) mass is 478 g/mol. The van der Waals surface area contributed by atoms with Crippen LogP contribution in [0.5, 0.6) is 0 Å². The molecule has 2 saturated heterocycles. The first-order valence-corrected chi connectivity index (χ1v) is 12.7. The molecule has 0 bridgehead atoms. The van der Waals surface area contributed by atoms with Crippen molar-refractivity contribution in [1.82, 2.24) is 9.21 Å². The van der Waals surface area contributed by atoms with Gasteiger partial charge in [-0.2, -0.15) is 4.31 Å². The van der Waals surface area contributed by atoms with Crippen molar-refractivity contribution in [3.05, 3.63) is 65.2 Å². The molecule has 178 valence electrons. The van der Waals surface area contributed by atoms with E-state index in [9.17, 15) is 22.0 Å². The van der Waals surface area contributed by atoms with Crippen LogP contribution in [0.15, 0.2) is 47.4 Å². The van der Waals surface area contributed by atoms with Crippen molar-refractivity contribution < 1.29 is 26.7 Å². The summed E-state index contributed by atoms with van der Waals surface area (Å²) in [6.07, 6.45) is 3.92. The summed E-state index contributed by atoms with van der Waals surface area (Å²) >= 11 is 0. The third-order valence-corrected chi connectivity index (χ3v) is 8.02. The number of piperidine rings is 1. The zero-order valence-electron chi connectivity index (χ0n) is 18.4. The third kappa shape index (κ3) is 5.59. The normalized spacial score (nSPS) is 19.5. The number of carbonyl (C=O) groups excluding carboxylic acids is 1. The summed E-state index contributed by atoms with van der Waals surface area (Å²) in [5.74, 6) is -1.74. The second-order valence-corrected chi connectivity index (χ2v) is 10.5. The molecule has 2 aliphatic rings. The van der Waals surface area contributed by atoms with Crippen LogP contribution in [-0.4, -0.2) is 55.9 Å². The van der Waals surface area contributed by atoms with E-state index in [0.717, 1.165) is 44.2 Å². The van der Waals surface area contributed by atoms with Gasteiger partial charge in [-0.05, 0) is 61.6 Å². The van der Waals surface area contributed by atoms with E-state index in [0.29, 0.717) is 25.3 Å². The number of nitrogens with zero attached hydrogens (tertiary/aromatic N) is 2. The van der Waals surface area contributed by atoms with Gasteiger partial charge in [0.1, 0.15) is 16.5 Å². The topological polar surface area (TPSA) is 66.9 Å². The first-order chi connectivity index (χ1) is 15.8. The predicted octanol–water partition coefficient (Wildman–Crippen LogP) is 3.96. The number of hydrogen-bond donors (Lipinski definition) is 0. The highest BCUT2D eigenvalue weighted by Crippen LogP contribution is 2.25. The zero-order chi connectivity index (χ0) is 23.4. The first kappa shape index (κ1) is 23.8. The Bertz CT molecular complexity index is 1100. The summed E-state index contributed by atoms with van der Waals surface area (Å²) in [4.78, 5) is 14.5. The van der Waals surface area contributed by atoms with Gasteiger partial charge in [0, 0.05) is 38.3 Å². The molecule has 0 N–H and O–H groups in total. The molecule has 2 fully saturated rings. The van der Waals surface area contributed by atoms with Crippen molar-refractivity contribution in [2.75, 3.05) is 26.2 Å². The second-order valence-electron chi connectivity index (χ2n) is 8.56. The van der Waals surface area contributed by atoms with Gasteiger partial charge in [-0.1, -0.05) is 18.6 Å². The number of rotatable bonds is 7. The van der Waals surface area contributed by atoms with Gasteiger partial charge in [0.2, 0.25) is 10.0 Å². The van der Waals surface area contributed by atoms with Crippen molar-refractivity contribution in [2.24, 2.45) is 0 Å². The Morgan fingerprint density at radius 2 is 1.85 bits per heavy atom. The standard InChI is InChI=1S/C24H28F2N2O4S/c25-20-7-4-6-18(14-20)16-27(17-21-8-5-13-32-21)24(29)19-9-10-22(26)23(15-19)33(30,31)28-11-2-1-3-12-28/h4,6-7,9-10,14-15,21H,1-3,5,8,11-13,16-17H2. The van der Waals surface area contributed by atoms with Crippen molar-refractivity contribution in [3.63, 3.8) is 0 Å². The molecule has 6 nitrogen and oxygen atoms in total. The lowest BCUT2D eigenvalue weighted by atomic mass is 10.1. The Morgan fingerprint density at radius 3 is 2.55 bits per heavy atom. The summed E-state index contributed by atoms with van der Waals surface area (Å²) in [5, 5.41) is 0. The van der Waals surface area contributed by atoms with E-state index in [1.807, 2.05) is 0 Å². The van der Waals surface area contributed by atoms with Crippen LogP contribution in [0.25, 0.3) is 0 Å². The van der Waals surface area contributed by atoms with Gasteiger partial charge in [-0.15, -0.1) is 0 Å². The number of halogens is 2. The molecular formula is C24H28F2N2O4S. The molecule has 2 aromatic rings. The van der Waals surface area contributed by atoms with E-state index in [4.69, 9.17) is 4.74 Å².